The SMILES string of the molecule is CCc1c(Cl)nc(C)nc1N1CCC(C(O)c2nccn2C)CC1. The van der Waals surface area contributed by atoms with E-state index >= 15 is 0 Å². The molecule has 1 saturated heterocycles. The zero-order chi connectivity index (χ0) is 17.3. The van der Waals surface area contributed by atoms with Gasteiger partial charge in [-0.15, -0.1) is 0 Å². The van der Waals surface area contributed by atoms with Gasteiger partial charge < -0.3 is 14.6 Å². The second-order valence-corrected chi connectivity index (χ2v) is 6.74. The average Bonchev–Trinajstić information content (AvgIpc) is 3.00. The first-order chi connectivity index (χ1) is 11.5. The second-order valence-electron chi connectivity index (χ2n) is 6.38. The monoisotopic (exact) mass is 349 g/mol. The lowest BCUT2D eigenvalue weighted by Gasteiger charge is -2.35. The number of hydrogen-bond acceptors (Lipinski definition) is 5. The maximum Gasteiger partial charge on any atom is 0.138 e. The van der Waals surface area contributed by atoms with E-state index in [1.54, 1.807) is 6.20 Å². The molecule has 0 radical (unpaired) electrons. The number of nitrogens with zero attached hydrogens (tertiary/aromatic N) is 5. The Morgan fingerprint density at radius 2 is 2.04 bits per heavy atom. The van der Waals surface area contributed by atoms with Crippen LogP contribution in [0.25, 0.3) is 0 Å². The molecule has 0 spiro atoms. The molecule has 0 saturated carbocycles. The number of halogens is 1. The first-order valence-corrected chi connectivity index (χ1v) is 8.82. The van der Waals surface area contributed by atoms with Crippen molar-refractivity contribution in [2.45, 2.75) is 39.2 Å². The lowest BCUT2D eigenvalue weighted by Crippen LogP contribution is -2.37. The Kier molecular flexibility index (Phi) is 5.06. The summed E-state index contributed by atoms with van der Waals surface area (Å²) in [6.45, 7) is 5.64. The van der Waals surface area contributed by atoms with Crippen LogP contribution in [-0.2, 0) is 13.5 Å². The number of anilines is 1. The maximum atomic E-state index is 10.6. The smallest absolute Gasteiger partial charge is 0.138 e. The molecule has 0 aliphatic carbocycles. The number of hydrogen-bond donors (Lipinski definition) is 1. The number of aryl methyl sites for hydroxylation is 2. The molecule has 24 heavy (non-hydrogen) atoms. The zero-order valence-electron chi connectivity index (χ0n) is 14.4. The van der Waals surface area contributed by atoms with E-state index < -0.39 is 6.10 Å². The third kappa shape index (κ3) is 3.26. The van der Waals surface area contributed by atoms with E-state index in [1.165, 1.54) is 0 Å². The molecule has 0 bridgehead atoms. The molecule has 3 heterocycles. The molecule has 7 heteroatoms. The van der Waals surface area contributed by atoms with Crippen molar-refractivity contribution in [3.8, 4) is 0 Å². The Morgan fingerprint density at radius 3 is 2.62 bits per heavy atom. The Balaban J connectivity index is 1.73. The Hall–Kier alpha value is -1.66. The van der Waals surface area contributed by atoms with Crippen molar-refractivity contribution in [3.05, 3.63) is 34.8 Å². The molecule has 3 rings (SSSR count). The molecule has 2 aromatic rings. The minimum Gasteiger partial charge on any atom is -0.385 e. The van der Waals surface area contributed by atoms with Crippen molar-refractivity contribution in [3.63, 3.8) is 0 Å². The summed E-state index contributed by atoms with van der Waals surface area (Å²) in [6, 6.07) is 0. The van der Waals surface area contributed by atoms with Gasteiger partial charge in [0.2, 0.25) is 0 Å². The van der Waals surface area contributed by atoms with Crippen molar-refractivity contribution in [2.75, 3.05) is 18.0 Å². The largest absolute Gasteiger partial charge is 0.385 e. The van der Waals surface area contributed by atoms with Gasteiger partial charge in [0.25, 0.3) is 0 Å². The van der Waals surface area contributed by atoms with E-state index in [4.69, 9.17) is 11.6 Å². The number of piperidine rings is 1. The third-order valence-corrected chi connectivity index (χ3v) is 5.12. The van der Waals surface area contributed by atoms with Crippen LogP contribution in [0.15, 0.2) is 12.4 Å². The number of rotatable bonds is 4. The van der Waals surface area contributed by atoms with Gasteiger partial charge in [-0.2, -0.15) is 0 Å². The second kappa shape index (κ2) is 7.07. The summed E-state index contributed by atoms with van der Waals surface area (Å²) < 4.78 is 1.89. The summed E-state index contributed by atoms with van der Waals surface area (Å²) in [6.07, 6.45) is 5.69. The van der Waals surface area contributed by atoms with Crippen LogP contribution in [0.1, 0.15) is 43.1 Å². The Labute approximate surface area is 147 Å². The van der Waals surface area contributed by atoms with Crippen LogP contribution in [0.5, 0.6) is 0 Å². The van der Waals surface area contributed by atoms with E-state index in [9.17, 15) is 5.11 Å². The van der Waals surface area contributed by atoms with Gasteiger partial charge in [0.05, 0.1) is 0 Å². The van der Waals surface area contributed by atoms with E-state index in [0.29, 0.717) is 11.0 Å². The molecule has 1 unspecified atom stereocenters. The van der Waals surface area contributed by atoms with Gasteiger partial charge in [-0.1, -0.05) is 18.5 Å². The van der Waals surface area contributed by atoms with Gasteiger partial charge in [0, 0.05) is 38.1 Å². The summed E-state index contributed by atoms with van der Waals surface area (Å²) in [4.78, 5) is 15.4. The van der Waals surface area contributed by atoms with Gasteiger partial charge in [-0.25, -0.2) is 15.0 Å². The molecule has 6 nitrogen and oxygen atoms in total. The molecule has 2 aromatic heterocycles. The molecule has 1 atom stereocenters. The predicted octanol–water partition coefficient (Wildman–Crippen LogP) is 2.68. The van der Waals surface area contributed by atoms with Gasteiger partial charge in [-0.05, 0) is 32.1 Å². The number of aliphatic hydroxyl groups is 1. The van der Waals surface area contributed by atoms with E-state index in [1.807, 2.05) is 24.7 Å². The lowest BCUT2D eigenvalue weighted by molar-refractivity contribution is 0.0824. The molecule has 1 N–H and O–H groups in total. The van der Waals surface area contributed by atoms with Crippen LogP contribution in [0.4, 0.5) is 5.82 Å². The predicted molar refractivity (Wildman–Crippen MR) is 94.3 cm³/mol. The van der Waals surface area contributed by atoms with E-state index in [2.05, 4.69) is 26.8 Å². The molecular formula is C17H24ClN5O. The molecular weight excluding hydrogens is 326 g/mol. The standard InChI is InChI=1S/C17H24ClN5O/c1-4-13-15(18)20-11(2)21-16(13)23-8-5-12(6-9-23)14(24)17-19-7-10-22(17)3/h7,10,12,14,24H,4-6,8-9H2,1-3H3. The number of aliphatic hydroxyl groups excluding tert-OH is 1. The molecule has 1 aliphatic heterocycles. The Morgan fingerprint density at radius 1 is 1.33 bits per heavy atom. The first-order valence-electron chi connectivity index (χ1n) is 8.44. The van der Waals surface area contributed by atoms with Gasteiger partial charge in [0.1, 0.15) is 28.7 Å². The molecule has 1 fully saturated rings. The highest BCUT2D eigenvalue weighted by molar-refractivity contribution is 6.30. The fourth-order valence-corrected chi connectivity index (χ4v) is 3.75. The summed E-state index contributed by atoms with van der Waals surface area (Å²) in [5.41, 5.74) is 1.00. The average molecular weight is 350 g/mol. The summed E-state index contributed by atoms with van der Waals surface area (Å²) in [5, 5.41) is 11.2. The van der Waals surface area contributed by atoms with Gasteiger partial charge >= 0.3 is 0 Å². The van der Waals surface area contributed by atoms with Crippen LogP contribution in [0, 0.1) is 12.8 Å². The topological polar surface area (TPSA) is 67.1 Å². The molecule has 0 aromatic carbocycles. The highest BCUT2D eigenvalue weighted by Gasteiger charge is 2.30. The number of imidazole rings is 1. The maximum absolute atomic E-state index is 10.6. The minimum absolute atomic E-state index is 0.214. The van der Waals surface area contributed by atoms with Crippen molar-refractivity contribution >= 4 is 17.4 Å². The van der Waals surface area contributed by atoms with Gasteiger partial charge in [0.15, 0.2) is 0 Å². The molecule has 130 valence electrons. The van der Waals surface area contributed by atoms with Crippen molar-refractivity contribution in [1.29, 1.82) is 0 Å². The molecule has 1 aliphatic rings. The van der Waals surface area contributed by atoms with E-state index in [-0.39, 0.29) is 5.92 Å². The summed E-state index contributed by atoms with van der Waals surface area (Å²) in [5.74, 6) is 2.59. The third-order valence-electron chi connectivity index (χ3n) is 4.81. The molecule has 0 amide bonds. The van der Waals surface area contributed by atoms with Crippen molar-refractivity contribution in [2.24, 2.45) is 13.0 Å². The van der Waals surface area contributed by atoms with Crippen LogP contribution in [0.2, 0.25) is 5.15 Å². The van der Waals surface area contributed by atoms with Crippen LogP contribution in [-0.4, -0.2) is 37.7 Å². The van der Waals surface area contributed by atoms with Crippen molar-refractivity contribution < 1.29 is 5.11 Å². The fourth-order valence-electron chi connectivity index (χ4n) is 3.41. The van der Waals surface area contributed by atoms with Crippen LogP contribution < -0.4 is 4.90 Å². The summed E-state index contributed by atoms with van der Waals surface area (Å²) in [7, 11) is 1.92. The summed E-state index contributed by atoms with van der Waals surface area (Å²) >= 11 is 6.29. The fraction of sp³-hybridized carbons (Fsp3) is 0.588. The highest BCUT2D eigenvalue weighted by Crippen LogP contribution is 2.33. The lowest BCUT2D eigenvalue weighted by atomic mass is 9.90. The van der Waals surface area contributed by atoms with E-state index in [0.717, 1.165) is 49.6 Å². The first kappa shape index (κ1) is 17.2. The van der Waals surface area contributed by atoms with Crippen molar-refractivity contribution in [1.82, 2.24) is 19.5 Å². The highest BCUT2D eigenvalue weighted by atomic mass is 35.5. The number of aromatic nitrogens is 4. The van der Waals surface area contributed by atoms with Gasteiger partial charge in [-0.3, -0.25) is 0 Å². The van der Waals surface area contributed by atoms with Crippen LogP contribution >= 0.6 is 11.6 Å². The Bertz CT molecular complexity index is 709. The quantitative estimate of drug-likeness (QED) is 0.859. The zero-order valence-corrected chi connectivity index (χ0v) is 15.2. The normalized spacial score (nSPS) is 17.3. The van der Waals surface area contributed by atoms with Crippen LogP contribution in [0.3, 0.4) is 0 Å². The minimum atomic E-state index is -0.520.